The third kappa shape index (κ3) is 6.34. The van der Waals surface area contributed by atoms with Gasteiger partial charge >= 0.3 is 6.36 Å². The molecule has 7 heteroatoms. The van der Waals surface area contributed by atoms with Gasteiger partial charge in [0.25, 0.3) is 0 Å². The van der Waals surface area contributed by atoms with E-state index in [0.717, 1.165) is 31.1 Å². The fourth-order valence-electron chi connectivity index (χ4n) is 7.89. The van der Waals surface area contributed by atoms with E-state index in [1.54, 1.807) is 0 Å². The van der Waals surface area contributed by atoms with Crippen molar-refractivity contribution in [2.45, 2.75) is 114 Å². The second kappa shape index (κ2) is 11.1. The zero-order chi connectivity index (χ0) is 24.5. The van der Waals surface area contributed by atoms with Crippen LogP contribution >= 0.6 is 0 Å². The summed E-state index contributed by atoms with van der Waals surface area (Å²) in [6.45, 7) is 3.93. The van der Waals surface area contributed by atoms with Gasteiger partial charge in [-0.3, -0.25) is 4.74 Å². The van der Waals surface area contributed by atoms with Crippen molar-refractivity contribution in [1.82, 2.24) is 0 Å². The highest BCUT2D eigenvalue weighted by Crippen LogP contribution is 2.49. The first-order chi connectivity index (χ1) is 16.1. The topological polar surface area (TPSA) is 9.23 Å². The van der Waals surface area contributed by atoms with Crippen LogP contribution in [0.5, 0.6) is 0 Å². The Kier molecular flexibility index (Phi) is 8.62. The summed E-state index contributed by atoms with van der Waals surface area (Å²) in [5.74, 6) is 2.11. The van der Waals surface area contributed by atoms with E-state index in [1.165, 1.54) is 38.5 Å². The van der Waals surface area contributed by atoms with Crippen molar-refractivity contribution in [3.63, 3.8) is 0 Å². The predicted octanol–water partition coefficient (Wildman–Crippen LogP) is 8.53. The average molecular weight is 495 g/mol. The first kappa shape index (κ1) is 26.3. The molecule has 0 aromatic heterocycles. The fraction of sp³-hybridized carbons (Fsp3) is 0.926. The highest BCUT2D eigenvalue weighted by Gasteiger charge is 2.49. The first-order valence-corrected chi connectivity index (χ1v) is 13.4. The molecule has 0 amide bonds. The zero-order valence-corrected chi connectivity index (χ0v) is 20.0. The molecule has 0 aliphatic heterocycles. The van der Waals surface area contributed by atoms with Crippen LogP contribution in [0.25, 0.3) is 0 Å². The van der Waals surface area contributed by atoms with Crippen LogP contribution in [-0.4, -0.2) is 31.0 Å². The Balaban J connectivity index is 1.23. The second-order valence-electron chi connectivity index (χ2n) is 11.6. The zero-order valence-electron chi connectivity index (χ0n) is 20.0. The summed E-state index contributed by atoms with van der Waals surface area (Å²) in [5.41, 5.74) is 0. The molecule has 0 N–H and O–H groups in total. The lowest BCUT2D eigenvalue weighted by Gasteiger charge is -2.45. The minimum atomic E-state index is -5.07. The minimum absolute atomic E-state index is 0.254. The first-order valence-electron chi connectivity index (χ1n) is 13.4. The van der Waals surface area contributed by atoms with Gasteiger partial charge < -0.3 is 0 Å². The molecular formula is C27H40F6O. The van der Waals surface area contributed by atoms with Gasteiger partial charge in [-0.2, -0.15) is 0 Å². The summed E-state index contributed by atoms with van der Waals surface area (Å²) in [7, 11) is 0. The number of ether oxygens (including phenoxy) is 1. The van der Waals surface area contributed by atoms with Crippen LogP contribution in [0.2, 0.25) is 0 Å². The third-order valence-corrected chi connectivity index (χ3v) is 9.81. The summed E-state index contributed by atoms with van der Waals surface area (Å²) in [4.78, 5) is 0. The van der Waals surface area contributed by atoms with Crippen molar-refractivity contribution in [2.24, 2.45) is 41.4 Å². The standard InChI is InChI=1S/C27H40F6O/c1-2-16-3-5-17(6-4-16)18-7-9-19(10-8-18)20-11-12-22(23(28)13-20)21-14-24(29)26(25(30)15-21)34-27(31,32)33/h2,16-26H,1,3-15H2. The minimum Gasteiger partial charge on any atom is -0.282 e. The van der Waals surface area contributed by atoms with Gasteiger partial charge in [0.2, 0.25) is 0 Å². The normalized spacial score (nSPS) is 46.7. The monoisotopic (exact) mass is 494 g/mol. The van der Waals surface area contributed by atoms with E-state index < -0.39 is 42.8 Å². The second-order valence-corrected chi connectivity index (χ2v) is 11.6. The van der Waals surface area contributed by atoms with Crippen LogP contribution in [0.1, 0.15) is 83.5 Å². The Bertz CT molecular complexity index is 640. The number of hydrogen-bond acceptors (Lipinski definition) is 1. The summed E-state index contributed by atoms with van der Waals surface area (Å²) in [6.07, 6.45) is 0.845. The predicted molar refractivity (Wildman–Crippen MR) is 120 cm³/mol. The van der Waals surface area contributed by atoms with Gasteiger partial charge in [0.15, 0.2) is 0 Å². The van der Waals surface area contributed by atoms with E-state index in [-0.39, 0.29) is 12.8 Å². The van der Waals surface area contributed by atoms with Crippen LogP contribution in [0.3, 0.4) is 0 Å². The lowest BCUT2D eigenvalue weighted by atomic mass is 9.63. The molecule has 0 spiro atoms. The van der Waals surface area contributed by atoms with E-state index in [1.807, 2.05) is 0 Å². The van der Waals surface area contributed by atoms with E-state index in [4.69, 9.17) is 0 Å². The Hall–Kier alpha value is -0.720. The maximum atomic E-state index is 15.2. The Morgan fingerprint density at radius 1 is 0.588 bits per heavy atom. The molecule has 196 valence electrons. The molecule has 4 rings (SSSR count). The number of allylic oxidation sites excluding steroid dienone is 1. The van der Waals surface area contributed by atoms with Crippen molar-refractivity contribution in [3.8, 4) is 0 Å². The maximum absolute atomic E-state index is 15.2. The van der Waals surface area contributed by atoms with Gasteiger partial charge in [-0.25, -0.2) is 13.2 Å². The molecule has 0 saturated heterocycles. The fourth-order valence-corrected chi connectivity index (χ4v) is 7.89. The Labute approximate surface area is 200 Å². The van der Waals surface area contributed by atoms with E-state index in [0.29, 0.717) is 30.6 Å². The quantitative estimate of drug-likeness (QED) is 0.275. The van der Waals surface area contributed by atoms with Gasteiger partial charge in [0.1, 0.15) is 24.6 Å². The number of hydrogen-bond donors (Lipinski definition) is 0. The number of rotatable bonds is 5. The molecular weight excluding hydrogens is 454 g/mol. The van der Waals surface area contributed by atoms with E-state index in [2.05, 4.69) is 17.4 Å². The van der Waals surface area contributed by atoms with Gasteiger partial charge in [-0.15, -0.1) is 19.8 Å². The molecule has 1 nitrogen and oxygen atoms in total. The number of halogens is 6. The van der Waals surface area contributed by atoms with Gasteiger partial charge in [-0.1, -0.05) is 6.08 Å². The molecule has 5 atom stereocenters. The van der Waals surface area contributed by atoms with Crippen molar-refractivity contribution in [2.75, 3.05) is 0 Å². The lowest BCUT2D eigenvalue weighted by Crippen LogP contribution is -2.48. The highest BCUT2D eigenvalue weighted by atomic mass is 19.4. The van der Waals surface area contributed by atoms with Crippen molar-refractivity contribution in [1.29, 1.82) is 0 Å². The van der Waals surface area contributed by atoms with Crippen LogP contribution in [0.15, 0.2) is 12.7 Å². The van der Waals surface area contributed by atoms with Gasteiger partial charge in [-0.05, 0) is 125 Å². The Morgan fingerprint density at radius 3 is 1.50 bits per heavy atom. The van der Waals surface area contributed by atoms with Crippen LogP contribution in [-0.2, 0) is 4.74 Å². The van der Waals surface area contributed by atoms with E-state index >= 15 is 4.39 Å². The maximum Gasteiger partial charge on any atom is 0.522 e. The average Bonchev–Trinajstić information content (AvgIpc) is 2.81. The molecule has 4 fully saturated rings. The molecule has 4 aliphatic carbocycles. The molecule has 4 saturated carbocycles. The van der Waals surface area contributed by atoms with Crippen molar-refractivity contribution < 1.29 is 31.1 Å². The lowest BCUT2D eigenvalue weighted by molar-refractivity contribution is -0.358. The molecule has 34 heavy (non-hydrogen) atoms. The van der Waals surface area contributed by atoms with Crippen molar-refractivity contribution >= 4 is 0 Å². The summed E-state index contributed by atoms with van der Waals surface area (Å²) >= 11 is 0. The van der Waals surface area contributed by atoms with Crippen LogP contribution in [0, 0.1) is 41.4 Å². The number of alkyl halides is 6. The van der Waals surface area contributed by atoms with Crippen LogP contribution < -0.4 is 0 Å². The SMILES string of the molecule is C=CC1CCC(C2CCC(C3CCC(C4CC(F)C(OC(F)(F)F)C(F)C4)C(F)C3)CC2)CC1. The summed E-state index contributed by atoms with van der Waals surface area (Å²) in [6, 6.07) is 0. The molecule has 0 aromatic carbocycles. The Morgan fingerprint density at radius 2 is 1.03 bits per heavy atom. The third-order valence-electron chi connectivity index (χ3n) is 9.81. The molecule has 0 radical (unpaired) electrons. The highest BCUT2D eigenvalue weighted by molar-refractivity contribution is 4.96. The molecule has 5 unspecified atom stereocenters. The molecule has 0 heterocycles. The van der Waals surface area contributed by atoms with Crippen LogP contribution in [0.4, 0.5) is 26.3 Å². The summed E-state index contributed by atoms with van der Waals surface area (Å²) < 4.78 is 85.0. The van der Waals surface area contributed by atoms with E-state index in [9.17, 15) is 22.0 Å². The van der Waals surface area contributed by atoms with Gasteiger partial charge in [0, 0.05) is 0 Å². The van der Waals surface area contributed by atoms with Gasteiger partial charge in [0.05, 0.1) is 0 Å². The largest absolute Gasteiger partial charge is 0.522 e. The molecule has 0 aromatic rings. The van der Waals surface area contributed by atoms with Crippen molar-refractivity contribution in [3.05, 3.63) is 12.7 Å². The molecule has 4 aliphatic rings. The smallest absolute Gasteiger partial charge is 0.282 e. The molecule has 0 bridgehead atoms. The summed E-state index contributed by atoms with van der Waals surface area (Å²) in [5, 5.41) is 0.